The molecule has 1 N–H and O–H groups in total. The van der Waals surface area contributed by atoms with Gasteiger partial charge in [0.1, 0.15) is 5.82 Å². The van der Waals surface area contributed by atoms with Crippen molar-refractivity contribution in [3.63, 3.8) is 0 Å². The third-order valence-corrected chi connectivity index (χ3v) is 3.44. The zero-order chi connectivity index (χ0) is 12.8. The molecular formula is C13H18N2O2. The average molecular weight is 234 g/mol. The van der Waals surface area contributed by atoms with E-state index in [0.29, 0.717) is 11.6 Å². The van der Waals surface area contributed by atoms with E-state index < -0.39 is 5.97 Å². The van der Waals surface area contributed by atoms with Crippen LogP contribution in [-0.4, -0.2) is 21.0 Å². The number of hydrogen-bond donors (Lipinski definition) is 1. The van der Waals surface area contributed by atoms with Crippen LogP contribution in [0.15, 0.2) is 6.20 Å². The Morgan fingerprint density at radius 3 is 2.53 bits per heavy atom. The molecule has 1 atom stereocenters. The Balaban J connectivity index is 2.40. The summed E-state index contributed by atoms with van der Waals surface area (Å²) in [5.41, 5.74) is 1.13. The maximum Gasteiger partial charge on any atom is 0.339 e. The molecule has 92 valence electrons. The van der Waals surface area contributed by atoms with E-state index in [9.17, 15) is 4.79 Å². The highest BCUT2D eigenvalue weighted by Crippen LogP contribution is 2.57. The quantitative estimate of drug-likeness (QED) is 0.873. The summed E-state index contributed by atoms with van der Waals surface area (Å²) in [7, 11) is 0. The summed E-state index contributed by atoms with van der Waals surface area (Å²) in [6.45, 7) is 8.27. The normalized spacial score (nSPS) is 21.6. The van der Waals surface area contributed by atoms with Gasteiger partial charge in [0.2, 0.25) is 0 Å². The average Bonchev–Trinajstić information content (AvgIpc) is 2.86. The lowest BCUT2D eigenvalue weighted by Crippen LogP contribution is -2.10. The van der Waals surface area contributed by atoms with Gasteiger partial charge in [-0.05, 0) is 17.8 Å². The molecule has 0 bridgehead atoms. The van der Waals surface area contributed by atoms with Crippen molar-refractivity contribution in [2.75, 3.05) is 0 Å². The third-order valence-electron chi connectivity index (χ3n) is 3.44. The summed E-state index contributed by atoms with van der Waals surface area (Å²) in [5.74, 6) is 0.326. The molecule has 1 saturated carbocycles. The number of carboxylic acids is 1. The van der Waals surface area contributed by atoms with Crippen LogP contribution in [0.25, 0.3) is 0 Å². The number of aromatic carboxylic acids is 1. The van der Waals surface area contributed by atoms with Crippen LogP contribution in [0.2, 0.25) is 0 Å². The maximum atomic E-state index is 11.1. The predicted octanol–water partition coefficient (Wildman–Crippen LogP) is 2.81. The fourth-order valence-corrected chi connectivity index (χ4v) is 2.09. The minimum Gasteiger partial charge on any atom is -0.478 e. The molecule has 4 nitrogen and oxygen atoms in total. The zero-order valence-electron chi connectivity index (χ0n) is 10.7. The van der Waals surface area contributed by atoms with Crippen molar-refractivity contribution in [2.24, 2.45) is 5.41 Å². The highest BCUT2D eigenvalue weighted by atomic mass is 16.4. The Bertz CT molecular complexity index is 466. The molecule has 0 saturated heterocycles. The second-order valence-electron chi connectivity index (χ2n) is 5.73. The van der Waals surface area contributed by atoms with E-state index in [0.717, 1.165) is 12.2 Å². The first-order valence-electron chi connectivity index (χ1n) is 5.93. The minimum absolute atomic E-state index is 0.102. The predicted molar refractivity (Wildman–Crippen MR) is 64.2 cm³/mol. The van der Waals surface area contributed by atoms with Gasteiger partial charge in [0, 0.05) is 12.1 Å². The lowest BCUT2D eigenvalue weighted by molar-refractivity contribution is 0.0694. The van der Waals surface area contributed by atoms with E-state index in [1.807, 2.05) is 13.8 Å². The fraction of sp³-hybridized carbons (Fsp3) is 0.615. The molecule has 2 rings (SSSR count). The minimum atomic E-state index is -0.949. The Kier molecular flexibility index (Phi) is 2.68. The van der Waals surface area contributed by atoms with Crippen LogP contribution in [-0.2, 0) is 0 Å². The van der Waals surface area contributed by atoms with Gasteiger partial charge in [-0.1, -0.05) is 27.7 Å². The van der Waals surface area contributed by atoms with Gasteiger partial charge in [-0.3, -0.25) is 0 Å². The Hall–Kier alpha value is -1.45. The van der Waals surface area contributed by atoms with Crippen molar-refractivity contribution in [2.45, 2.75) is 46.0 Å². The number of carbonyl (C=O) groups is 1. The molecule has 0 spiro atoms. The van der Waals surface area contributed by atoms with Crippen LogP contribution >= 0.6 is 0 Å². The van der Waals surface area contributed by atoms with Crippen LogP contribution in [0.5, 0.6) is 0 Å². The molecular weight excluding hydrogens is 216 g/mol. The third kappa shape index (κ3) is 2.16. The van der Waals surface area contributed by atoms with Gasteiger partial charge in [-0.15, -0.1) is 0 Å². The van der Waals surface area contributed by atoms with Crippen molar-refractivity contribution < 1.29 is 9.90 Å². The molecule has 1 aliphatic rings. The highest BCUT2D eigenvalue weighted by Gasteiger charge is 2.48. The first-order valence-corrected chi connectivity index (χ1v) is 5.93. The molecule has 1 aromatic heterocycles. The molecule has 4 heteroatoms. The maximum absolute atomic E-state index is 11.1. The molecule has 0 radical (unpaired) electrons. The molecule has 1 heterocycles. The standard InChI is InChI=1S/C13H18N2O2/c1-7(2)10-8(12(16)17)6-14-11(15-10)9-5-13(9,3)4/h6-7,9H,5H2,1-4H3,(H,16,17). The van der Waals surface area contributed by atoms with E-state index in [2.05, 4.69) is 23.8 Å². The van der Waals surface area contributed by atoms with Gasteiger partial charge in [-0.25, -0.2) is 14.8 Å². The van der Waals surface area contributed by atoms with E-state index in [-0.39, 0.29) is 16.9 Å². The van der Waals surface area contributed by atoms with Crippen LogP contribution in [0.3, 0.4) is 0 Å². The molecule has 1 aliphatic carbocycles. The Morgan fingerprint density at radius 2 is 2.12 bits per heavy atom. The Morgan fingerprint density at radius 1 is 1.53 bits per heavy atom. The SMILES string of the molecule is CC(C)c1nc(C2CC2(C)C)ncc1C(=O)O. The van der Waals surface area contributed by atoms with Gasteiger partial charge in [0.05, 0.1) is 11.3 Å². The summed E-state index contributed by atoms with van der Waals surface area (Å²) in [5, 5.41) is 9.08. The van der Waals surface area contributed by atoms with Crippen molar-refractivity contribution in [3.8, 4) is 0 Å². The number of carboxylic acid groups (broad SMARTS) is 1. The summed E-state index contributed by atoms with van der Waals surface area (Å²) >= 11 is 0. The van der Waals surface area contributed by atoms with Gasteiger partial charge < -0.3 is 5.11 Å². The molecule has 1 fully saturated rings. The second-order valence-corrected chi connectivity index (χ2v) is 5.73. The number of nitrogens with zero attached hydrogens (tertiary/aromatic N) is 2. The van der Waals surface area contributed by atoms with Crippen molar-refractivity contribution >= 4 is 5.97 Å². The lowest BCUT2D eigenvalue weighted by atomic mass is 10.0. The van der Waals surface area contributed by atoms with E-state index in [1.54, 1.807) is 0 Å². The summed E-state index contributed by atoms with van der Waals surface area (Å²) in [4.78, 5) is 19.7. The van der Waals surface area contributed by atoms with Crippen molar-refractivity contribution in [1.82, 2.24) is 9.97 Å². The number of rotatable bonds is 3. The van der Waals surface area contributed by atoms with Crippen LogP contribution < -0.4 is 0 Å². The molecule has 0 aromatic carbocycles. The topological polar surface area (TPSA) is 63.1 Å². The number of aromatic nitrogens is 2. The van der Waals surface area contributed by atoms with E-state index in [4.69, 9.17) is 5.11 Å². The zero-order valence-corrected chi connectivity index (χ0v) is 10.7. The molecule has 0 aliphatic heterocycles. The summed E-state index contributed by atoms with van der Waals surface area (Å²) in [6, 6.07) is 0. The van der Waals surface area contributed by atoms with Crippen molar-refractivity contribution in [3.05, 3.63) is 23.3 Å². The van der Waals surface area contributed by atoms with Crippen LogP contribution in [0.1, 0.15) is 67.8 Å². The largest absolute Gasteiger partial charge is 0.478 e. The molecule has 17 heavy (non-hydrogen) atoms. The smallest absolute Gasteiger partial charge is 0.339 e. The monoisotopic (exact) mass is 234 g/mol. The van der Waals surface area contributed by atoms with Gasteiger partial charge >= 0.3 is 5.97 Å². The number of hydrogen-bond acceptors (Lipinski definition) is 3. The summed E-state index contributed by atoms with van der Waals surface area (Å²) < 4.78 is 0. The van der Waals surface area contributed by atoms with Gasteiger partial charge in [0.25, 0.3) is 0 Å². The molecule has 1 aromatic rings. The highest BCUT2D eigenvalue weighted by molar-refractivity contribution is 5.88. The first-order chi connectivity index (χ1) is 7.83. The lowest BCUT2D eigenvalue weighted by Gasteiger charge is -2.10. The van der Waals surface area contributed by atoms with Gasteiger partial charge in [-0.2, -0.15) is 0 Å². The van der Waals surface area contributed by atoms with Crippen molar-refractivity contribution in [1.29, 1.82) is 0 Å². The van der Waals surface area contributed by atoms with Gasteiger partial charge in [0.15, 0.2) is 0 Å². The first kappa shape index (κ1) is 12.0. The molecule has 0 amide bonds. The fourth-order valence-electron chi connectivity index (χ4n) is 2.09. The van der Waals surface area contributed by atoms with E-state index in [1.165, 1.54) is 6.20 Å². The summed E-state index contributed by atoms with van der Waals surface area (Å²) in [6.07, 6.45) is 2.53. The second kappa shape index (κ2) is 3.79. The molecule has 1 unspecified atom stereocenters. The van der Waals surface area contributed by atoms with Crippen LogP contribution in [0.4, 0.5) is 0 Å². The van der Waals surface area contributed by atoms with E-state index >= 15 is 0 Å². The Labute approximate surface area is 101 Å². The van der Waals surface area contributed by atoms with Crippen LogP contribution in [0, 0.1) is 5.41 Å².